The van der Waals surface area contributed by atoms with Gasteiger partial charge in [0.15, 0.2) is 0 Å². The lowest BCUT2D eigenvalue weighted by Gasteiger charge is -2.35. The van der Waals surface area contributed by atoms with E-state index in [-0.39, 0.29) is 19.4 Å². The van der Waals surface area contributed by atoms with Crippen molar-refractivity contribution in [2.75, 3.05) is 6.61 Å². The largest absolute Gasteiger partial charge is 0.396 e. The van der Waals surface area contributed by atoms with E-state index in [1.165, 1.54) is 6.92 Å². The minimum absolute atomic E-state index is 0.115. The molecule has 0 aromatic carbocycles. The minimum atomic E-state index is -2.63. The van der Waals surface area contributed by atoms with Crippen molar-refractivity contribution in [2.45, 2.75) is 71.6 Å². The van der Waals surface area contributed by atoms with Gasteiger partial charge >= 0.3 is 0 Å². The van der Waals surface area contributed by atoms with Crippen LogP contribution in [0, 0.1) is 5.41 Å². The van der Waals surface area contributed by atoms with Gasteiger partial charge in [-0.2, -0.15) is 0 Å². The van der Waals surface area contributed by atoms with Crippen molar-refractivity contribution in [2.24, 2.45) is 5.41 Å². The molecule has 0 aliphatic rings. The number of rotatable bonds is 9. The topological polar surface area (TPSA) is 20.2 Å². The Hall–Kier alpha value is -0.180. The van der Waals surface area contributed by atoms with Gasteiger partial charge in [-0.1, -0.05) is 40.0 Å². The van der Waals surface area contributed by atoms with Crippen molar-refractivity contribution >= 4 is 0 Å². The second-order valence-corrected chi connectivity index (χ2v) is 4.90. The molecular weight excluding hydrogens is 210 g/mol. The average Bonchev–Trinajstić information content (AvgIpc) is 2.26. The standard InChI is InChI=1S/C13H26F2O/c1-4-7-9-12(11-16,8-5-2)10-13(14,15)6-3/h16H,4-11H2,1-3H3. The van der Waals surface area contributed by atoms with Crippen LogP contribution >= 0.6 is 0 Å². The van der Waals surface area contributed by atoms with Gasteiger partial charge in [-0.05, 0) is 18.3 Å². The molecule has 0 bridgehead atoms. The predicted octanol–water partition coefficient (Wildman–Crippen LogP) is 4.39. The second-order valence-electron chi connectivity index (χ2n) is 4.90. The highest BCUT2D eigenvalue weighted by Crippen LogP contribution is 2.41. The molecule has 0 aliphatic carbocycles. The third kappa shape index (κ3) is 5.24. The van der Waals surface area contributed by atoms with Gasteiger partial charge in [0, 0.05) is 19.4 Å². The lowest BCUT2D eigenvalue weighted by Crippen LogP contribution is -2.33. The van der Waals surface area contributed by atoms with Crippen LogP contribution in [0.2, 0.25) is 0 Å². The zero-order valence-electron chi connectivity index (χ0n) is 10.9. The smallest absolute Gasteiger partial charge is 0.248 e. The van der Waals surface area contributed by atoms with Crippen molar-refractivity contribution in [3.63, 3.8) is 0 Å². The molecule has 1 nitrogen and oxygen atoms in total. The average molecular weight is 236 g/mol. The first-order valence-electron chi connectivity index (χ1n) is 6.44. The van der Waals surface area contributed by atoms with Gasteiger partial charge in [-0.25, -0.2) is 8.78 Å². The third-order valence-corrected chi connectivity index (χ3v) is 3.33. The fourth-order valence-corrected chi connectivity index (χ4v) is 2.27. The summed E-state index contributed by atoms with van der Waals surface area (Å²) in [4.78, 5) is 0. The van der Waals surface area contributed by atoms with Crippen LogP contribution < -0.4 is 0 Å². The van der Waals surface area contributed by atoms with Crippen LogP contribution in [0.15, 0.2) is 0 Å². The first-order valence-corrected chi connectivity index (χ1v) is 6.44. The molecule has 0 saturated heterocycles. The number of aliphatic hydroxyl groups excluding tert-OH is 1. The van der Waals surface area contributed by atoms with Gasteiger partial charge < -0.3 is 5.11 Å². The van der Waals surface area contributed by atoms with Crippen LogP contribution in [-0.4, -0.2) is 17.6 Å². The SMILES string of the molecule is CCCCC(CO)(CCC)CC(F)(F)CC. The molecule has 1 atom stereocenters. The number of hydrogen-bond donors (Lipinski definition) is 1. The van der Waals surface area contributed by atoms with Crippen LogP contribution in [0.5, 0.6) is 0 Å². The molecule has 0 radical (unpaired) electrons. The zero-order chi connectivity index (χ0) is 12.7. The lowest BCUT2D eigenvalue weighted by atomic mass is 9.74. The molecule has 98 valence electrons. The summed E-state index contributed by atoms with van der Waals surface area (Å²) in [6.07, 6.45) is 3.86. The molecule has 0 heterocycles. The van der Waals surface area contributed by atoms with E-state index in [9.17, 15) is 13.9 Å². The molecule has 0 spiro atoms. The van der Waals surface area contributed by atoms with Gasteiger partial charge in [0.25, 0.3) is 0 Å². The quantitative estimate of drug-likeness (QED) is 0.629. The Kier molecular flexibility index (Phi) is 7.12. The summed E-state index contributed by atoms with van der Waals surface area (Å²) in [6, 6.07) is 0. The molecule has 0 amide bonds. The van der Waals surface area contributed by atoms with Crippen molar-refractivity contribution in [3.05, 3.63) is 0 Å². The Morgan fingerprint density at radius 1 is 1.00 bits per heavy atom. The van der Waals surface area contributed by atoms with Crippen LogP contribution in [0.25, 0.3) is 0 Å². The van der Waals surface area contributed by atoms with E-state index >= 15 is 0 Å². The molecular formula is C13H26F2O. The summed E-state index contributed by atoms with van der Waals surface area (Å²) in [6.45, 7) is 5.43. The maximum absolute atomic E-state index is 13.5. The van der Waals surface area contributed by atoms with E-state index in [0.29, 0.717) is 12.8 Å². The maximum Gasteiger partial charge on any atom is 0.248 e. The highest BCUT2D eigenvalue weighted by molar-refractivity contribution is 4.84. The van der Waals surface area contributed by atoms with Crippen LogP contribution in [0.3, 0.4) is 0 Å². The predicted molar refractivity (Wildman–Crippen MR) is 63.8 cm³/mol. The third-order valence-electron chi connectivity index (χ3n) is 3.33. The summed E-state index contributed by atoms with van der Waals surface area (Å²) in [5.41, 5.74) is -0.565. The van der Waals surface area contributed by atoms with Crippen LogP contribution in [0.1, 0.15) is 65.7 Å². The number of aliphatic hydroxyl groups is 1. The molecule has 0 fully saturated rings. The Morgan fingerprint density at radius 2 is 1.62 bits per heavy atom. The Morgan fingerprint density at radius 3 is 2.00 bits per heavy atom. The van der Waals surface area contributed by atoms with Gasteiger partial charge in [-0.3, -0.25) is 0 Å². The monoisotopic (exact) mass is 236 g/mol. The van der Waals surface area contributed by atoms with Crippen molar-refractivity contribution in [1.29, 1.82) is 0 Å². The lowest BCUT2D eigenvalue weighted by molar-refractivity contribution is -0.0695. The van der Waals surface area contributed by atoms with Crippen molar-refractivity contribution in [3.8, 4) is 0 Å². The van der Waals surface area contributed by atoms with E-state index in [4.69, 9.17) is 0 Å². The van der Waals surface area contributed by atoms with E-state index < -0.39 is 11.3 Å². The first-order chi connectivity index (χ1) is 7.45. The van der Waals surface area contributed by atoms with E-state index in [1.807, 2.05) is 13.8 Å². The number of halogens is 2. The molecule has 0 saturated carbocycles. The van der Waals surface area contributed by atoms with E-state index in [1.54, 1.807) is 0 Å². The summed E-state index contributed by atoms with van der Waals surface area (Å²) in [5, 5.41) is 9.46. The van der Waals surface area contributed by atoms with E-state index in [0.717, 1.165) is 19.3 Å². The van der Waals surface area contributed by atoms with Crippen LogP contribution in [-0.2, 0) is 0 Å². The summed E-state index contributed by atoms with van der Waals surface area (Å²) in [7, 11) is 0. The van der Waals surface area contributed by atoms with Crippen molar-refractivity contribution in [1.82, 2.24) is 0 Å². The first kappa shape index (κ1) is 15.8. The highest BCUT2D eigenvalue weighted by atomic mass is 19.3. The van der Waals surface area contributed by atoms with Gasteiger partial charge in [0.05, 0.1) is 0 Å². The fourth-order valence-electron chi connectivity index (χ4n) is 2.27. The van der Waals surface area contributed by atoms with Gasteiger partial charge in [0.1, 0.15) is 0 Å². The van der Waals surface area contributed by atoms with Crippen LogP contribution in [0.4, 0.5) is 8.78 Å². The molecule has 1 N–H and O–H groups in total. The van der Waals surface area contributed by atoms with Gasteiger partial charge in [0.2, 0.25) is 5.92 Å². The Labute approximate surface area is 98.2 Å². The molecule has 3 heteroatoms. The van der Waals surface area contributed by atoms with Gasteiger partial charge in [-0.15, -0.1) is 0 Å². The molecule has 0 aromatic rings. The Bertz CT molecular complexity index is 183. The number of alkyl halides is 2. The number of unbranched alkanes of at least 4 members (excludes halogenated alkanes) is 1. The zero-order valence-corrected chi connectivity index (χ0v) is 10.9. The molecule has 0 rings (SSSR count). The summed E-state index contributed by atoms with van der Waals surface area (Å²) in [5.74, 6) is -2.63. The Balaban J connectivity index is 4.60. The summed E-state index contributed by atoms with van der Waals surface area (Å²) < 4.78 is 26.9. The molecule has 16 heavy (non-hydrogen) atoms. The highest BCUT2D eigenvalue weighted by Gasteiger charge is 2.39. The molecule has 0 aliphatic heterocycles. The number of hydrogen-bond acceptors (Lipinski definition) is 1. The van der Waals surface area contributed by atoms with Crippen molar-refractivity contribution < 1.29 is 13.9 Å². The minimum Gasteiger partial charge on any atom is -0.396 e. The summed E-state index contributed by atoms with van der Waals surface area (Å²) >= 11 is 0. The molecule has 1 unspecified atom stereocenters. The maximum atomic E-state index is 13.5. The normalized spacial score (nSPS) is 16.1. The fraction of sp³-hybridized carbons (Fsp3) is 1.00. The van der Waals surface area contributed by atoms with E-state index in [2.05, 4.69) is 0 Å². The molecule has 0 aromatic heterocycles. The second kappa shape index (κ2) is 7.21.